The van der Waals surface area contributed by atoms with E-state index in [9.17, 15) is 4.79 Å². The molecule has 0 bridgehead atoms. The molecule has 1 aliphatic heterocycles. The number of ether oxygens (including phenoxy) is 1. The van der Waals surface area contributed by atoms with Crippen LogP contribution in [-0.2, 0) is 4.74 Å². The van der Waals surface area contributed by atoms with E-state index in [0.29, 0.717) is 32.2 Å². The lowest BCUT2D eigenvalue weighted by Gasteiger charge is -2.31. The van der Waals surface area contributed by atoms with Crippen molar-refractivity contribution in [3.63, 3.8) is 0 Å². The van der Waals surface area contributed by atoms with Gasteiger partial charge in [-0.3, -0.25) is 4.99 Å². The zero-order valence-corrected chi connectivity index (χ0v) is 15.5. The number of nitrogens with two attached hydrogens (primary N) is 1. The number of likely N-dealkylation sites (tertiary alicyclic amines) is 1. The second-order valence-corrected chi connectivity index (χ2v) is 6.47. The monoisotopic (exact) mass is 351 g/mol. The molecule has 25 heavy (non-hydrogen) atoms. The van der Waals surface area contributed by atoms with E-state index < -0.39 is 0 Å². The molecule has 140 valence electrons. The number of piperidine rings is 1. The molecule has 0 spiro atoms. The first-order valence-electron chi connectivity index (χ1n) is 8.83. The first-order chi connectivity index (χ1) is 11.9. The van der Waals surface area contributed by atoms with Crippen molar-refractivity contribution in [1.29, 1.82) is 0 Å². The van der Waals surface area contributed by atoms with Crippen molar-refractivity contribution in [1.82, 2.24) is 15.4 Å². The van der Waals surface area contributed by atoms with E-state index in [4.69, 9.17) is 15.0 Å². The highest BCUT2D eigenvalue weighted by molar-refractivity contribution is 5.78. The van der Waals surface area contributed by atoms with Crippen LogP contribution in [0, 0.1) is 13.8 Å². The Morgan fingerprint density at radius 2 is 2.16 bits per heavy atom. The maximum Gasteiger partial charge on any atom is 0.409 e. The van der Waals surface area contributed by atoms with Crippen LogP contribution in [0.1, 0.15) is 49.6 Å². The number of guanidine groups is 1. The molecule has 1 aromatic heterocycles. The lowest BCUT2D eigenvalue weighted by atomic mass is 10.00. The molecule has 1 fully saturated rings. The smallest absolute Gasteiger partial charge is 0.409 e. The van der Waals surface area contributed by atoms with Gasteiger partial charge in [-0.1, -0.05) is 12.1 Å². The molecular weight excluding hydrogens is 322 g/mol. The highest BCUT2D eigenvalue weighted by Crippen LogP contribution is 2.23. The minimum atomic E-state index is -0.240. The fraction of sp³-hybridized carbons (Fsp3) is 0.706. The maximum absolute atomic E-state index is 11.7. The largest absolute Gasteiger partial charge is 0.450 e. The van der Waals surface area contributed by atoms with E-state index in [0.717, 1.165) is 29.9 Å². The van der Waals surface area contributed by atoms with E-state index in [2.05, 4.69) is 22.4 Å². The van der Waals surface area contributed by atoms with Gasteiger partial charge in [0.25, 0.3) is 0 Å². The number of amides is 1. The lowest BCUT2D eigenvalue weighted by molar-refractivity contribution is 0.0963. The Kier molecular flexibility index (Phi) is 6.66. The number of aromatic nitrogens is 1. The molecule has 3 N–H and O–H groups in total. The molecule has 1 atom stereocenters. The van der Waals surface area contributed by atoms with Gasteiger partial charge in [-0.05, 0) is 33.6 Å². The molecule has 0 radical (unpaired) electrons. The van der Waals surface area contributed by atoms with Gasteiger partial charge in [0, 0.05) is 37.2 Å². The van der Waals surface area contributed by atoms with Crippen molar-refractivity contribution < 1.29 is 14.1 Å². The third kappa shape index (κ3) is 5.11. The molecule has 1 amide bonds. The van der Waals surface area contributed by atoms with Crippen LogP contribution in [0.15, 0.2) is 9.52 Å². The Morgan fingerprint density at radius 1 is 1.48 bits per heavy atom. The molecule has 8 heteroatoms. The summed E-state index contributed by atoms with van der Waals surface area (Å²) in [6.07, 6.45) is 1.42. The van der Waals surface area contributed by atoms with Crippen LogP contribution < -0.4 is 11.1 Å². The normalized spacial score (nSPS) is 17.4. The molecule has 8 nitrogen and oxygen atoms in total. The third-order valence-electron chi connectivity index (χ3n) is 4.49. The number of aliphatic imine (C=N–C) groups is 1. The van der Waals surface area contributed by atoms with Crippen molar-refractivity contribution in [2.24, 2.45) is 10.7 Å². The number of nitrogens with one attached hydrogen (secondary N) is 1. The van der Waals surface area contributed by atoms with Crippen molar-refractivity contribution in [2.45, 2.75) is 52.5 Å². The van der Waals surface area contributed by atoms with Crippen molar-refractivity contribution in [2.75, 3.05) is 26.2 Å². The van der Waals surface area contributed by atoms with Gasteiger partial charge in [0.2, 0.25) is 0 Å². The van der Waals surface area contributed by atoms with Gasteiger partial charge >= 0.3 is 6.09 Å². The molecule has 1 unspecified atom stereocenters. The van der Waals surface area contributed by atoms with E-state index in [1.54, 1.807) is 4.90 Å². The molecule has 1 aromatic rings. The summed E-state index contributed by atoms with van der Waals surface area (Å²) in [5.41, 5.74) is 8.02. The van der Waals surface area contributed by atoms with Gasteiger partial charge in [0.1, 0.15) is 5.76 Å². The van der Waals surface area contributed by atoms with Crippen molar-refractivity contribution in [3.8, 4) is 0 Å². The summed E-state index contributed by atoms with van der Waals surface area (Å²) in [6.45, 7) is 10.1. The Balaban J connectivity index is 1.79. The Bertz CT molecular complexity index is 586. The van der Waals surface area contributed by atoms with Gasteiger partial charge in [-0.25, -0.2) is 4.79 Å². The molecular formula is C17H29N5O3. The van der Waals surface area contributed by atoms with Crippen molar-refractivity contribution >= 4 is 12.1 Å². The van der Waals surface area contributed by atoms with Crippen LogP contribution in [0.3, 0.4) is 0 Å². The average molecular weight is 351 g/mol. The SMILES string of the molecule is CCOC(=O)N1CCC(NC(N)=NCC(C)c2c(C)noc2C)CC1. The quantitative estimate of drug-likeness (QED) is 0.620. The summed E-state index contributed by atoms with van der Waals surface area (Å²) in [4.78, 5) is 17.9. The van der Waals surface area contributed by atoms with Gasteiger partial charge in [-0.15, -0.1) is 0 Å². The highest BCUT2D eigenvalue weighted by Gasteiger charge is 2.23. The van der Waals surface area contributed by atoms with Crippen LogP contribution in [-0.4, -0.2) is 54.4 Å². The van der Waals surface area contributed by atoms with E-state index in [1.807, 2.05) is 20.8 Å². The zero-order chi connectivity index (χ0) is 18.4. The first kappa shape index (κ1) is 19.1. The number of hydrogen-bond acceptors (Lipinski definition) is 5. The predicted molar refractivity (Wildman–Crippen MR) is 95.6 cm³/mol. The fourth-order valence-electron chi connectivity index (χ4n) is 3.20. The van der Waals surface area contributed by atoms with Gasteiger partial charge in [0.15, 0.2) is 5.96 Å². The Morgan fingerprint density at radius 3 is 2.72 bits per heavy atom. The van der Waals surface area contributed by atoms with Crippen LogP contribution in [0.2, 0.25) is 0 Å². The summed E-state index contributed by atoms with van der Waals surface area (Å²) in [6, 6.07) is 0.226. The molecule has 0 aromatic carbocycles. The second-order valence-electron chi connectivity index (χ2n) is 6.47. The summed E-state index contributed by atoms with van der Waals surface area (Å²) >= 11 is 0. The van der Waals surface area contributed by atoms with Crippen LogP contribution in [0.4, 0.5) is 4.79 Å². The maximum atomic E-state index is 11.7. The second kappa shape index (κ2) is 8.73. The summed E-state index contributed by atoms with van der Waals surface area (Å²) in [7, 11) is 0. The van der Waals surface area contributed by atoms with Gasteiger partial charge in [0.05, 0.1) is 12.3 Å². The molecule has 0 aliphatic carbocycles. The van der Waals surface area contributed by atoms with Gasteiger partial charge in [-0.2, -0.15) is 0 Å². The predicted octanol–water partition coefficient (Wildman–Crippen LogP) is 1.92. The summed E-state index contributed by atoms with van der Waals surface area (Å²) < 4.78 is 10.2. The fourth-order valence-corrected chi connectivity index (χ4v) is 3.20. The minimum absolute atomic E-state index is 0.192. The minimum Gasteiger partial charge on any atom is -0.450 e. The van der Waals surface area contributed by atoms with Crippen LogP contribution >= 0.6 is 0 Å². The van der Waals surface area contributed by atoms with Crippen LogP contribution in [0.25, 0.3) is 0 Å². The van der Waals surface area contributed by atoms with E-state index in [-0.39, 0.29) is 18.1 Å². The summed E-state index contributed by atoms with van der Waals surface area (Å²) in [5.74, 6) is 1.46. The van der Waals surface area contributed by atoms with Gasteiger partial charge < -0.3 is 25.2 Å². The van der Waals surface area contributed by atoms with Crippen LogP contribution in [0.5, 0.6) is 0 Å². The molecule has 0 saturated carbocycles. The number of nitrogens with zero attached hydrogens (tertiary/aromatic N) is 3. The molecule has 2 heterocycles. The lowest BCUT2D eigenvalue weighted by Crippen LogP contribution is -2.48. The Hall–Kier alpha value is -2.25. The third-order valence-corrected chi connectivity index (χ3v) is 4.49. The number of hydrogen-bond donors (Lipinski definition) is 2. The molecule has 1 saturated heterocycles. The topological polar surface area (TPSA) is 106 Å². The number of carbonyl (C=O) groups is 1. The first-order valence-corrected chi connectivity index (χ1v) is 8.83. The Labute approximate surface area is 148 Å². The summed E-state index contributed by atoms with van der Waals surface area (Å²) in [5, 5.41) is 7.23. The average Bonchev–Trinajstić information content (AvgIpc) is 2.92. The van der Waals surface area contributed by atoms with Crippen molar-refractivity contribution in [3.05, 3.63) is 17.0 Å². The molecule has 1 aliphatic rings. The van der Waals surface area contributed by atoms with E-state index >= 15 is 0 Å². The molecule has 2 rings (SSSR count). The number of rotatable bonds is 5. The number of carbonyl (C=O) groups excluding carboxylic acids is 1. The van der Waals surface area contributed by atoms with E-state index in [1.165, 1.54) is 0 Å². The highest BCUT2D eigenvalue weighted by atomic mass is 16.6. The number of aryl methyl sites for hydroxylation is 2. The zero-order valence-electron chi connectivity index (χ0n) is 15.5. The standard InChI is InChI=1S/C17H29N5O3/c1-5-24-17(23)22-8-6-14(7-9-22)20-16(18)19-10-11(2)15-12(3)21-25-13(15)4/h11,14H,5-10H2,1-4H3,(H3,18,19,20).